The number of anilines is 2. The maximum Gasteiger partial charge on any atom is 0.0400 e. The van der Waals surface area contributed by atoms with Crippen molar-refractivity contribution >= 4 is 11.4 Å². The largest absolute Gasteiger partial charge is 0.399 e. The number of rotatable bonds is 2. The molecule has 1 aliphatic heterocycles. The third kappa shape index (κ3) is 2.01. The van der Waals surface area contributed by atoms with E-state index in [0.717, 1.165) is 11.6 Å². The number of nitrogens with two attached hydrogens (primary N) is 1. The van der Waals surface area contributed by atoms with Gasteiger partial charge in [0.05, 0.1) is 0 Å². The Balaban J connectivity index is 2.29. The van der Waals surface area contributed by atoms with E-state index in [2.05, 4.69) is 37.8 Å². The van der Waals surface area contributed by atoms with Gasteiger partial charge in [0.25, 0.3) is 0 Å². The van der Waals surface area contributed by atoms with Crippen molar-refractivity contribution in [2.45, 2.75) is 39.7 Å². The second kappa shape index (κ2) is 4.36. The van der Waals surface area contributed by atoms with Crippen molar-refractivity contribution < 1.29 is 0 Å². The molecular weight excluding hydrogens is 196 g/mol. The fourth-order valence-electron chi connectivity index (χ4n) is 2.79. The summed E-state index contributed by atoms with van der Waals surface area (Å²) in [7, 11) is 0. The lowest BCUT2D eigenvalue weighted by molar-refractivity contribution is 0.491. The Kier molecular flexibility index (Phi) is 3.08. The van der Waals surface area contributed by atoms with Gasteiger partial charge in [0.15, 0.2) is 0 Å². The number of benzene rings is 1. The fraction of sp³-hybridized carbons (Fsp3) is 0.571. The Morgan fingerprint density at radius 3 is 2.75 bits per heavy atom. The number of aryl methyl sites for hydroxylation is 1. The minimum Gasteiger partial charge on any atom is -0.399 e. The Bertz CT molecular complexity index is 371. The van der Waals surface area contributed by atoms with E-state index in [1.807, 2.05) is 6.07 Å². The second-order valence-electron chi connectivity index (χ2n) is 5.19. The van der Waals surface area contributed by atoms with Crippen LogP contribution in [0.2, 0.25) is 0 Å². The predicted octanol–water partition coefficient (Wildman–Crippen LogP) is 3.20. The Morgan fingerprint density at radius 2 is 2.12 bits per heavy atom. The topological polar surface area (TPSA) is 29.3 Å². The first kappa shape index (κ1) is 11.3. The minimum absolute atomic E-state index is 0.697. The average Bonchev–Trinajstić information content (AvgIpc) is 2.66. The van der Waals surface area contributed by atoms with Crippen LogP contribution in [0.25, 0.3) is 0 Å². The van der Waals surface area contributed by atoms with E-state index in [1.165, 1.54) is 30.6 Å². The van der Waals surface area contributed by atoms with E-state index >= 15 is 0 Å². The van der Waals surface area contributed by atoms with Crippen LogP contribution in [0.3, 0.4) is 0 Å². The van der Waals surface area contributed by atoms with Gasteiger partial charge in [-0.2, -0.15) is 0 Å². The molecule has 88 valence electrons. The summed E-state index contributed by atoms with van der Waals surface area (Å²) in [6.45, 7) is 7.97. The van der Waals surface area contributed by atoms with Crippen LogP contribution < -0.4 is 10.6 Å². The summed E-state index contributed by atoms with van der Waals surface area (Å²) in [5.41, 5.74) is 9.33. The van der Waals surface area contributed by atoms with Crippen LogP contribution in [0.1, 0.15) is 32.3 Å². The molecule has 0 radical (unpaired) electrons. The third-order valence-corrected chi connectivity index (χ3v) is 3.60. The molecule has 1 fully saturated rings. The summed E-state index contributed by atoms with van der Waals surface area (Å²) in [5, 5.41) is 0. The third-order valence-electron chi connectivity index (χ3n) is 3.60. The Morgan fingerprint density at radius 1 is 1.38 bits per heavy atom. The van der Waals surface area contributed by atoms with Gasteiger partial charge in [-0.15, -0.1) is 0 Å². The van der Waals surface area contributed by atoms with Crippen LogP contribution in [-0.4, -0.2) is 12.6 Å². The Hall–Kier alpha value is -1.18. The standard InChI is InChI=1S/C14H22N2/c1-10(2)13-5-4-8-16(13)14-7-6-12(15)9-11(14)3/h6-7,9-10,13H,4-5,8,15H2,1-3H3. The van der Waals surface area contributed by atoms with Gasteiger partial charge in [-0.05, 0) is 49.4 Å². The molecule has 2 rings (SSSR count). The highest BCUT2D eigenvalue weighted by Gasteiger charge is 2.27. The SMILES string of the molecule is Cc1cc(N)ccc1N1CCCC1C(C)C. The summed E-state index contributed by atoms with van der Waals surface area (Å²) in [6, 6.07) is 6.95. The highest BCUT2D eigenvalue weighted by molar-refractivity contribution is 5.60. The quantitative estimate of drug-likeness (QED) is 0.772. The zero-order valence-electron chi connectivity index (χ0n) is 10.5. The van der Waals surface area contributed by atoms with E-state index in [4.69, 9.17) is 5.73 Å². The molecule has 2 nitrogen and oxygen atoms in total. The maximum absolute atomic E-state index is 5.80. The molecule has 1 aliphatic rings. The van der Waals surface area contributed by atoms with E-state index in [0.29, 0.717) is 6.04 Å². The molecule has 1 aromatic rings. The van der Waals surface area contributed by atoms with Crippen LogP contribution in [0.5, 0.6) is 0 Å². The molecule has 1 atom stereocenters. The van der Waals surface area contributed by atoms with E-state index in [-0.39, 0.29) is 0 Å². The zero-order valence-corrected chi connectivity index (χ0v) is 10.5. The van der Waals surface area contributed by atoms with Crippen molar-refractivity contribution in [3.63, 3.8) is 0 Å². The van der Waals surface area contributed by atoms with Crippen molar-refractivity contribution in [1.82, 2.24) is 0 Å². The van der Waals surface area contributed by atoms with E-state index in [9.17, 15) is 0 Å². The van der Waals surface area contributed by atoms with Gasteiger partial charge in [0.1, 0.15) is 0 Å². The lowest BCUT2D eigenvalue weighted by atomic mass is 10.0. The minimum atomic E-state index is 0.697. The molecule has 1 saturated heterocycles. The molecule has 0 amide bonds. The molecule has 0 bridgehead atoms. The molecule has 1 heterocycles. The predicted molar refractivity (Wildman–Crippen MR) is 70.8 cm³/mol. The van der Waals surface area contributed by atoms with Crippen LogP contribution in [0, 0.1) is 12.8 Å². The molecule has 1 unspecified atom stereocenters. The van der Waals surface area contributed by atoms with Gasteiger partial charge >= 0.3 is 0 Å². The van der Waals surface area contributed by atoms with Crippen LogP contribution in [0.15, 0.2) is 18.2 Å². The summed E-state index contributed by atoms with van der Waals surface area (Å²) in [5.74, 6) is 0.722. The molecular formula is C14H22N2. The number of nitrogens with zero attached hydrogens (tertiary/aromatic N) is 1. The van der Waals surface area contributed by atoms with Gasteiger partial charge in [-0.3, -0.25) is 0 Å². The fourth-order valence-corrected chi connectivity index (χ4v) is 2.79. The molecule has 0 spiro atoms. The maximum atomic E-state index is 5.80. The van der Waals surface area contributed by atoms with Crippen molar-refractivity contribution in [3.05, 3.63) is 23.8 Å². The van der Waals surface area contributed by atoms with Crippen molar-refractivity contribution in [1.29, 1.82) is 0 Å². The van der Waals surface area contributed by atoms with Gasteiger partial charge in [-0.25, -0.2) is 0 Å². The molecule has 0 aromatic heterocycles. The first-order valence-corrected chi connectivity index (χ1v) is 6.22. The van der Waals surface area contributed by atoms with Gasteiger partial charge in [-0.1, -0.05) is 13.8 Å². The van der Waals surface area contributed by atoms with Crippen molar-refractivity contribution in [2.75, 3.05) is 17.2 Å². The van der Waals surface area contributed by atoms with E-state index in [1.54, 1.807) is 0 Å². The second-order valence-corrected chi connectivity index (χ2v) is 5.19. The first-order chi connectivity index (χ1) is 7.59. The van der Waals surface area contributed by atoms with E-state index < -0.39 is 0 Å². The molecule has 0 saturated carbocycles. The summed E-state index contributed by atoms with van der Waals surface area (Å²) >= 11 is 0. The normalized spacial score (nSPS) is 20.8. The number of hydrogen-bond acceptors (Lipinski definition) is 2. The van der Waals surface area contributed by atoms with Gasteiger partial charge < -0.3 is 10.6 Å². The van der Waals surface area contributed by atoms with Crippen LogP contribution in [-0.2, 0) is 0 Å². The van der Waals surface area contributed by atoms with Crippen LogP contribution >= 0.6 is 0 Å². The average molecular weight is 218 g/mol. The summed E-state index contributed by atoms with van der Waals surface area (Å²) < 4.78 is 0. The van der Waals surface area contributed by atoms with Crippen molar-refractivity contribution in [2.24, 2.45) is 5.92 Å². The highest BCUT2D eigenvalue weighted by Crippen LogP contribution is 2.32. The van der Waals surface area contributed by atoms with Gasteiger partial charge in [0, 0.05) is 24.0 Å². The molecule has 0 aliphatic carbocycles. The lowest BCUT2D eigenvalue weighted by Gasteiger charge is -2.31. The Labute approximate surface area is 98.4 Å². The molecule has 16 heavy (non-hydrogen) atoms. The van der Waals surface area contributed by atoms with Crippen molar-refractivity contribution in [3.8, 4) is 0 Å². The highest BCUT2D eigenvalue weighted by atomic mass is 15.2. The van der Waals surface area contributed by atoms with Crippen LogP contribution in [0.4, 0.5) is 11.4 Å². The molecule has 1 aromatic carbocycles. The summed E-state index contributed by atoms with van der Waals surface area (Å²) in [6.07, 6.45) is 2.63. The summed E-state index contributed by atoms with van der Waals surface area (Å²) in [4.78, 5) is 2.56. The zero-order chi connectivity index (χ0) is 11.7. The lowest BCUT2D eigenvalue weighted by Crippen LogP contribution is -2.33. The van der Waals surface area contributed by atoms with Gasteiger partial charge in [0.2, 0.25) is 0 Å². The number of nitrogen functional groups attached to an aromatic ring is 1. The molecule has 2 N–H and O–H groups in total. The monoisotopic (exact) mass is 218 g/mol. The smallest absolute Gasteiger partial charge is 0.0400 e. The first-order valence-electron chi connectivity index (χ1n) is 6.22. The molecule has 2 heteroatoms. The number of hydrogen-bond donors (Lipinski definition) is 1.